The Kier molecular flexibility index (Phi) is 7.86. The van der Waals surface area contributed by atoms with Gasteiger partial charge in [-0.1, -0.05) is 42.5 Å². The van der Waals surface area contributed by atoms with Crippen molar-refractivity contribution < 1.29 is 23.9 Å². The Morgan fingerprint density at radius 1 is 1.03 bits per heavy atom. The number of fused-ring (bicyclic) bond motifs is 1. The molecule has 0 saturated heterocycles. The molecule has 2 N–H and O–H groups in total. The molecule has 36 heavy (non-hydrogen) atoms. The maximum absolute atomic E-state index is 12.5. The Bertz CT molecular complexity index is 1460. The topological polar surface area (TPSA) is 127 Å². The molecule has 0 fully saturated rings. The molecule has 2 heterocycles. The van der Waals surface area contributed by atoms with Crippen molar-refractivity contribution in [1.82, 2.24) is 9.97 Å². The van der Waals surface area contributed by atoms with Crippen LogP contribution in [-0.2, 0) is 25.5 Å². The van der Waals surface area contributed by atoms with E-state index in [1.807, 2.05) is 30.3 Å². The lowest BCUT2D eigenvalue weighted by Crippen LogP contribution is -2.22. The molecule has 0 bridgehead atoms. The van der Waals surface area contributed by atoms with E-state index in [-0.39, 0.29) is 35.6 Å². The van der Waals surface area contributed by atoms with Crippen LogP contribution < -0.4 is 10.9 Å². The Morgan fingerprint density at radius 3 is 2.56 bits per heavy atom. The number of nitrogens with one attached hydrogen (secondary N) is 2. The minimum Gasteiger partial charge on any atom is -0.462 e. The Hall–Kier alpha value is -4.31. The first-order valence-electron chi connectivity index (χ1n) is 11.2. The number of ether oxygens (including phenoxy) is 2. The van der Waals surface area contributed by atoms with Crippen molar-refractivity contribution in [3.63, 3.8) is 0 Å². The number of aromatic nitrogens is 2. The zero-order chi connectivity index (χ0) is 25.5. The number of H-pyrrole nitrogens is 1. The summed E-state index contributed by atoms with van der Waals surface area (Å²) < 4.78 is 10.2. The number of para-hydroxylation sites is 1. The first kappa shape index (κ1) is 24.8. The molecule has 184 valence electrons. The van der Waals surface area contributed by atoms with E-state index in [2.05, 4.69) is 15.3 Å². The van der Waals surface area contributed by atoms with Crippen LogP contribution in [-0.4, -0.2) is 41.0 Å². The molecule has 0 saturated carbocycles. The number of aromatic amines is 1. The lowest BCUT2D eigenvalue weighted by molar-refractivity contribution is -0.147. The molecule has 0 atom stereocenters. The summed E-state index contributed by atoms with van der Waals surface area (Å²) in [6.07, 6.45) is 0.0811. The zero-order valence-corrected chi connectivity index (χ0v) is 20.2. The highest BCUT2D eigenvalue weighted by molar-refractivity contribution is 7.18. The summed E-state index contributed by atoms with van der Waals surface area (Å²) in [4.78, 5) is 57.2. The van der Waals surface area contributed by atoms with E-state index in [4.69, 9.17) is 9.47 Å². The van der Waals surface area contributed by atoms with Gasteiger partial charge in [0.15, 0.2) is 6.61 Å². The molecular weight excluding hydrogens is 482 g/mol. The number of rotatable bonds is 9. The predicted molar refractivity (Wildman–Crippen MR) is 136 cm³/mol. The Balaban J connectivity index is 1.36. The van der Waals surface area contributed by atoms with Crippen molar-refractivity contribution >= 4 is 45.8 Å². The molecule has 0 aliphatic carbocycles. The number of aryl methyl sites for hydroxylation is 1. The summed E-state index contributed by atoms with van der Waals surface area (Å²) in [5.74, 6) is -1.41. The first-order chi connectivity index (χ1) is 17.4. The predicted octanol–water partition coefficient (Wildman–Crippen LogP) is 3.94. The average molecular weight is 506 g/mol. The number of carbonyl (C=O) groups is 3. The summed E-state index contributed by atoms with van der Waals surface area (Å²) in [5.41, 5.74) is 1.43. The molecule has 0 radical (unpaired) electrons. The van der Waals surface area contributed by atoms with Crippen molar-refractivity contribution in [3.8, 4) is 10.4 Å². The molecule has 0 unspecified atom stereocenters. The van der Waals surface area contributed by atoms with E-state index in [1.165, 1.54) is 11.3 Å². The molecule has 0 spiro atoms. The number of hydrogen-bond donors (Lipinski definition) is 2. The van der Waals surface area contributed by atoms with Crippen LogP contribution in [0.15, 0.2) is 65.5 Å². The summed E-state index contributed by atoms with van der Waals surface area (Å²) >= 11 is 1.20. The summed E-state index contributed by atoms with van der Waals surface area (Å²) in [6, 6.07) is 18.0. The van der Waals surface area contributed by atoms with E-state index >= 15 is 0 Å². The second-order valence-corrected chi connectivity index (χ2v) is 8.73. The minimum absolute atomic E-state index is 0.0702. The van der Waals surface area contributed by atoms with E-state index < -0.39 is 24.5 Å². The molecule has 2 aromatic heterocycles. The van der Waals surface area contributed by atoms with Gasteiger partial charge < -0.3 is 19.8 Å². The second-order valence-electron chi connectivity index (χ2n) is 7.68. The normalized spacial score (nSPS) is 10.7. The van der Waals surface area contributed by atoms with Gasteiger partial charge in [0.2, 0.25) is 0 Å². The fraction of sp³-hybridized carbons (Fsp3) is 0.192. The number of thiophene rings is 1. The average Bonchev–Trinajstić information content (AvgIpc) is 3.31. The maximum Gasteiger partial charge on any atom is 0.350 e. The van der Waals surface area contributed by atoms with Crippen LogP contribution in [0.25, 0.3) is 21.3 Å². The van der Waals surface area contributed by atoms with E-state index in [9.17, 15) is 19.2 Å². The van der Waals surface area contributed by atoms with E-state index in [1.54, 1.807) is 37.3 Å². The lowest BCUT2D eigenvalue weighted by atomic mass is 10.2. The van der Waals surface area contributed by atoms with Crippen LogP contribution in [0.2, 0.25) is 0 Å². The van der Waals surface area contributed by atoms with Crippen molar-refractivity contribution in [2.24, 2.45) is 0 Å². The van der Waals surface area contributed by atoms with E-state index in [0.29, 0.717) is 16.7 Å². The smallest absolute Gasteiger partial charge is 0.350 e. The van der Waals surface area contributed by atoms with Gasteiger partial charge in [0.05, 0.1) is 29.6 Å². The molecule has 4 rings (SSSR count). The Labute approximate surface area is 210 Å². The second kappa shape index (κ2) is 11.4. The van der Waals surface area contributed by atoms with Crippen LogP contribution in [0.4, 0.5) is 5.69 Å². The number of esters is 2. The van der Waals surface area contributed by atoms with Crippen LogP contribution in [0.1, 0.15) is 28.8 Å². The summed E-state index contributed by atoms with van der Waals surface area (Å²) in [6.45, 7) is 1.36. The highest BCUT2D eigenvalue weighted by Gasteiger charge is 2.20. The van der Waals surface area contributed by atoms with Crippen LogP contribution >= 0.6 is 11.3 Å². The molecule has 0 aliphatic rings. The van der Waals surface area contributed by atoms with Crippen molar-refractivity contribution in [2.75, 3.05) is 18.5 Å². The molecular formula is C26H23N3O6S. The van der Waals surface area contributed by atoms with Gasteiger partial charge >= 0.3 is 11.9 Å². The number of benzene rings is 2. The maximum atomic E-state index is 12.5. The number of hydrogen-bond acceptors (Lipinski definition) is 8. The Morgan fingerprint density at radius 2 is 1.78 bits per heavy atom. The van der Waals surface area contributed by atoms with Gasteiger partial charge in [-0.05, 0) is 30.7 Å². The van der Waals surface area contributed by atoms with Gasteiger partial charge in [-0.3, -0.25) is 14.4 Å². The summed E-state index contributed by atoms with van der Waals surface area (Å²) in [7, 11) is 0. The van der Waals surface area contributed by atoms with Gasteiger partial charge in [0.25, 0.3) is 11.5 Å². The van der Waals surface area contributed by atoms with Crippen molar-refractivity contribution in [3.05, 3.63) is 81.7 Å². The monoisotopic (exact) mass is 505 g/mol. The molecule has 1 amide bonds. The third kappa shape index (κ3) is 6.02. The van der Waals surface area contributed by atoms with Gasteiger partial charge in [0, 0.05) is 11.3 Å². The largest absolute Gasteiger partial charge is 0.462 e. The zero-order valence-electron chi connectivity index (χ0n) is 19.4. The van der Waals surface area contributed by atoms with Gasteiger partial charge in [0.1, 0.15) is 10.7 Å². The number of anilines is 1. The van der Waals surface area contributed by atoms with E-state index in [0.717, 1.165) is 10.4 Å². The van der Waals surface area contributed by atoms with Crippen molar-refractivity contribution in [1.29, 1.82) is 0 Å². The minimum atomic E-state index is -0.623. The van der Waals surface area contributed by atoms with Crippen LogP contribution in [0.3, 0.4) is 0 Å². The number of carbonyl (C=O) groups excluding carboxylic acids is 3. The molecule has 10 heteroatoms. The van der Waals surface area contributed by atoms with Gasteiger partial charge in [-0.15, -0.1) is 11.3 Å². The standard InChI is InChI=1S/C26H23N3O6S/c1-2-34-26(33)24-19(14-20(36-24)16-8-4-3-5-9-16)28-22(30)15-35-23(31)13-12-21-27-18-11-7-6-10-17(18)25(32)29-21/h3-11,14H,2,12-13,15H2,1H3,(H,28,30)(H,27,29,32). The fourth-order valence-corrected chi connectivity index (χ4v) is 4.47. The molecule has 2 aromatic carbocycles. The van der Waals surface area contributed by atoms with Crippen LogP contribution in [0.5, 0.6) is 0 Å². The third-order valence-corrected chi connectivity index (χ3v) is 6.28. The highest BCUT2D eigenvalue weighted by Crippen LogP contribution is 2.35. The fourth-order valence-electron chi connectivity index (χ4n) is 3.46. The first-order valence-corrected chi connectivity index (χ1v) is 12.1. The summed E-state index contributed by atoms with van der Waals surface area (Å²) in [5, 5.41) is 3.09. The van der Waals surface area contributed by atoms with Crippen LogP contribution in [0, 0.1) is 0 Å². The SMILES string of the molecule is CCOC(=O)c1sc(-c2ccccc2)cc1NC(=O)COC(=O)CCc1nc2ccccc2c(=O)[nH]1. The molecule has 0 aliphatic heterocycles. The van der Waals surface area contributed by atoms with Gasteiger partial charge in [-0.2, -0.15) is 0 Å². The highest BCUT2D eigenvalue weighted by atomic mass is 32.1. The van der Waals surface area contributed by atoms with Crippen molar-refractivity contribution in [2.45, 2.75) is 19.8 Å². The quantitative estimate of drug-likeness (QED) is 0.330. The third-order valence-electron chi connectivity index (χ3n) is 5.12. The number of nitrogens with zero attached hydrogens (tertiary/aromatic N) is 1. The molecule has 9 nitrogen and oxygen atoms in total. The molecule has 4 aromatic rings. The lowest BCUT2D eigenvalue weighted by Gasteiger charge is -2.07. The number of amides is 1. The van der Waals surface area contributed by atoms with Gasteiger partial charge in [-0.25, -0.2) is 9.78 Å².